The van der Waals surface area contributed by atoms with E-state index in [-0.39, 0.29) is 17.5 Å². The van der Waals surface area contributed by atoms with Gasteiger partial charge in [0.15, 0.2) is 0 Å². The zero-order chi connectivity index (χ0) is 19.9. The van der Waals surface area contributed by atoms with Crippen LogP contribution < -0.4 is 16.0 Å². The summed E-state index contributed by atoms with van der Waals surface area (Å²) in [5.74, 6) is 0.327. The molecule has 3 aliphatic rings. The van der Waals surface area contributed by atoms with Crippen molar-refractivity contribution in [2.24, 2.45) is 4.99 Å². The Kier molecular flexibility index (Phi) is 7.39. The van der Waals surface area contributed by atoms with Gasteiger partial charge in [-0.05, 0) is 38.0 Å². The molecule has 0 saturated heterocycles. The second kappa shape index (κ2) is 9.98. The van der Waals surface area contributed by atoms with E-state index in [9.17, 15) is 4.79 Å². The second-order valence-electron chi connectivity index (χ2n) is 7.28. The number of carbonyl (C=O) groups is 1. The first-order valence-corrected chi connectivity index (χ1v) is 10.8. The minimum Gasteiger partial charge on any atom is -0.487 e. The number of allylic oxidation sites excluding steroid dienone is 2. The Morgan fingerprint density at radius 3 is 2.93 bits per heavy atom. The zero-order valence-corrected chi connectivity index (χ0v) is 17.5. The summed E-state index contributed by atoms with van der Waals surface area (Å²) >= 11 is 1.86. The second-order valence-corrected chi connectivity index (χ2v) is 8.48. The first-order chi connectivity index (χ1) is 13.5. The van der Waals surface area contributed by atoms with Crippen molar-refractivity contribution in [2.75, 3.05) is 7.05 Å². The van der Waals surface area contributed by atoms with Gasteiger partial charge in [-0.3, -0.25) is 15.1 Å². The molecule has 1 saturated carbocycles. The lowest BCUT2D eigenvalue weighted by Gasteiger charge is -2.26. The van der Waals surface area contributed by atoms with E-state index in [1.807, 2.05) is 11.8 Å². The van der Waals surface area contributed by atoms with Gasteiger partial charge in [-0.25, -0.2) is 0 Å². The number of hydrogen-bond acceptors (Lipinski definition) is 6. The van der Waals surface area contributed by atoms with Gasteiger partial charge in [-0.2, -0.15) is 0 Å². The van der Waals surface area contributed by atoms with Crippen LogP contribution in [0.5, 0.6) is 0 Å². The maximum absolute atomic E-state index is 11.4. The Bertz CT molecular complexity index is 720. The summed E-state index contributed by atoms with van der Waals surface area (Å²) < 4.78 is 5.92. The molecule has 152 valence electrons. The van der Waals surface area contributed by atoms with Gasteiger partial charge in [0.05, 0.1) is 0 Å². The van der Waals surface area contributed by atoms with Crippen molar-refractivity contribution < 1.29 is 9.53 Å². The van der Waals surface area contributed by atoms with Crippen LogP contribution in [0.1, 0.15) is 45.4 Å². The number of hydrogen-bond donors (Lipinski definition) is 3. The van der Waals surface area contributed by atoms with Crippen molar-refractivity contribution in [3.8, 4) is 0 Å². The molecule has 6 nitrogen and oxygen atoms in total. The van der Waals surface area contributed by atoms with Gasteiger partial charge in [0.2, 0.25) is 0 Å². The van der Waals surface area contributed by atoms with Crippen LogP contribution in [-0.2, 0) is 9.53 Å². The highest BCUT2D eigenvalue weighted by atomic mass is 32.2. The summed E-state index contributed by atoms with van der Waals surface area (Å²) in [6, 6.07) is 0.625. The number of amides is 1. The monoisotopic (exact) mass is 402 g/mol. The summed E-state index contributed by atoms with van der Waals surface area (Å²) in [6.45, 7) is 5.58. The van der Waals surface area contributed by atoms with Crippen molar-refractivity contribution in [1.29, 1.82) is 0 Å². The summed E-state index contributed by atoms with van der Waals surface area (Å²) in [4.78, 5) is 16.8. The average Bonchev–Trinajstić information content (AvgIpc) is 3.09. The molecule has 0 aromatic heterocycles. The van der Waals surface area contributed by atoms with Crippen molar-refractivity contribution in [3.05, 3.63) is 47.4 Å². The highest BCUT2D eigenvalue weighted by Crippen LogP contribution is 2.37. The van der Waals surface area contributed by atoms with Gasteiger partial charge in [0.25, 0.3) is 5.91 Å². The first-order valence-electron chi connectivity index (χ1n) is 9.94. The van der Waals surface area contributed by atoms with Crippen LogP contribution in [0.4, 0.5) is 0 Å². The lowest BCUT2D eigenvalue weighted by atomic mass is 9.96. The van der Waals surface area contributed by atoms with Crippen LogP contribution >= 0.6 is 11.8 Å². The van der Waals surface area contributed by atoms with E-state index in [1.165, 1.54) is 42.7 Å². The lowest BCUT2D eigenvalue weighted by molar-refractivity contribution is -0.114. The standard InChI is InChI=1S/C21H30N4O2S/c1-14(11-12-23-15(2)20(26)22-3)27-17-9-10-18-19(13-17)28-21(25-18)24-16-7-5-4-6-8-16/h9-12,16-17,21,24-25H,1,4-8,13H2,2-3H3,(H,22,26)/b12-11-,23-15?. The molecule has 0 aromatic rings. The molecule has 1 aliphatic heterocycles. The average molecular weight is 403 g/mol. The fourth-order valence-electron chi connectivity index (χ4n) is 3.56. The molecule has 0 bridgehead atoms. The van der Waals surface area contributed by atoms with Crippen molar-refractivity contribution in [1.82, 2.24) is 16.0 Å². The third kappa shape index (κ3) is 5.75. The quantitative estimate of drug-likeness (QED) is 0.346. The highest BCUT2D eigenvalue weighted by molar-refractivity contribution is 8.03. The van der Waals surface area contributed by atoms with E-state index in [0.717, 1.165) is 6.42 Å². The Morgan fingerprint density at radius 2 is 2.18 bits per heavy atom. The van der Waals surface area contributed by atoms with Crippen molar-refractivity contribution >= 4 is 23.4 Å². The van der Waals surface area contributed by atoms with Crippen LogP contribution in [0.25, 0.3) is 0 Å². The normalized spacial score (nSPS) is 25.6. The number of rotatable bonds is 7. The maximum atomic E-state index is 11.4. The van der Waals surface area contributed by atoms with E-state index in [1.54, 1.807) is 26.2 Å². The molecule has 7 heteroatoms. The van der Waals surface area contributed by atoms with Crippen LogP contribution in [0.3, 0.4) is 0 Å². The first kappa shape index (κ1) is 20.7. The number of carbonyl (C=O) groups excluding carboxylic acids is 1. The largest absolute Gasteiger partial charge is 0.487 e. The number of nitrogens with one attached hydrogen (secondary N) is 3. The Hall–Kier alpha value is -1.99. The van der Waals surface area contributed by atoms with E-state index < -0.39 is 0 Å². The van der Waals surface area contributed by atoms with Gasteiger partial charge in [-0.15, -0.1) is 0 Å². The molecule has 28 heavy (non-hydrogen) atoms. The van der Waals surface area contributed by atoms with Gasteiger partial charge in [0.1, 0.15) is 23.1 Å². The summed E-state index contributed by atoms with van der Waals surface area (Å²) in [7, 11) is 1.58. The SMILES string of the molecule is C=C(/C=C\N=C(C)C(=O)NC)OC1C=CC2=C(C1)SC(NC1CCCCC1)N2. The lowest BCUT2D eigenvalue weighted by Crippen LogP contribution is -2.43. The summed E-state index contributed by atoms with van der Waals surface area (Å²) in [5, 5.41) is 9.85. The van der Waals surface area contributed by atoms with Gasteiger partial charge < -0.3 is 15.4 Å². The number of ether oxygens (including phenoxy) is 1. The van der Waals surface area contributed by atoms with Gasteiger partial charge in [-0.1, -0.05) is 37.6 Å². The molecule has 2 unspecified atom stereocenters. The fraction of sp³-hybridized carbons (Fsp3) is 0.524. The van der Waals surface area contributed by atoms with Gasteiger partial charge >= 0.3 is 0 Å². The van der Waals surface area contributed by atoms with Crippen molar-refractivity contribution in [3.63, 3.8) is 0 Å². The van der Waals surface area contributed by atoms with Crippen LogP contribution in [0.15, 0.2) is 52.4 Å². The molecule has 2 atom stereocenters. The van der Waals surface area contributed by atoms with Crippen LogP contribution in [0.2, 0.25) is 0 Å². The molecular formula is C21H30N4O2S. The van der Waals surface area contributed by atoms with E-state index in [2.05, 4.69) is 39.7 Å². The number of nitrogens with zero attached hydrogens (tertiary/aromatic N) is 1. The molecule has 3 N–H and O–H groups in total. The third-order valence-electron chi connectivity index (χ3n) is 5.09. The minimum atomic E-state index is -0.201. The predicted octanol–water partition coefficient (Wildman–Crippen LogP) is 3.32. The molecule has 0 radical (unpaired) electrons. The fourth-order valence-corrected chi connectivity index (χ4v) is 4.80. The smallest absolute Gasteiger partial charge is 0.265 e. The Balaban J connectivity index is 1.44. The van der Waals surface area contributed by atoms with Crippen LogP contribution in [0, 0.1) is 0 Å². The molecule has 3 rings (SSSR count). The Morgan fingerprint density at radius 1 is 1.39 bits per heavy atom. The van der Waals surface area contributed by atoms with Crippen LogP contribution in [-0.4, -0.2) is 36.3 Å². The molecular weight excluding hydrogens is 372 g/mol. The van der Waals surface area contributed by atoms with E-state index >= 15 is 0 Å². The topological polar surface area (TPSA) is 74.8 Å². The maximum Gasteiger partial charge on any atom is 0.265 e. The molecule has 1 heterocycles. The predicted molar refractivity (Wildman–Crippen MR) is 116 cm³/mol. The highest BCUT2D eigenvalue weighted by Gasteiger charge is 2.29. The molecule has 2 aliphatic carbocycles. The van der Waals surface area contributed by atoms with Gasteiger partial charge in [0, 0.05) is 36.3 Å². The Labute approximate surface area is 171 Å². The summed E-state index contributed by atoms with van der Waals surface area (Å²) in [5.41, 5.74) is 1.84. The molecule has 0 spiro atoms. The zero-order valence-electron chi connectivity index (χ0n) is 16.7. The molecule has 0 aromatic carbocycles. The summed E-state index contributed by atoms with van der Waals surface area (Å²) in [6.07, 6.45) is 14.8. The number of aliphatic imine (C=N–C) groups is 1. The minimum absolute atomic E-state index is 0.0392. The van der Waals surface area contributed by atoms with Crippen molar-refractivity contribution in [2.45, 2.75) is 63.1 Å². The van der Waals surface area contributed by atoms with E-state index in [0.29, 0.717) is 17.5 Å². The number of thioether (sulfide) groups is 1. The molecule has 1 fully saturated rings. The molecule has 1 amide bonds. The third-order valence-corrected chi connectivity index (χ3v) is 6.25. The van der Waals surface area contributed by atoms with E-state index in [4.69, 9.17) is 4.74 Å².